The van der Waals surface area contributed by atoms with Crippen molar-refractivity contribution >= 4 is 21.8 Å². The highest BCUT2D eigenvalue weighted by molar-refractivity contribution is 7.89. The Labute approximate surface area is 165 Å². The molecular weight excluding hydrogens is 386 g/mol. The number of sulfonamides is 1. The van der Waals surface area contributed by atoms with Gasteiger partial charge in [-0.05, 0) is 37.1 Å². The molecule has 1 aromatic rings. The molecule has 156 valence electrons. The molecule has 28 heavy (non-hydrogen) atoms. The molecule has 9 nitrogen and oxygen atoms in total. The molecule has 1 saturated heterocycles. The molecule has 0 spiro atoms. The number of hydrogen-bond donors (Lipinski definition) is 2. The molecule has 1 unspecified atom stereocenters. The highest BCUT2D eigenvalue weighted by Gasteiger charge is 2.34. The van der Waals surface area contributed by atoms with E-state index in [2.05, 4.69) is 10.6 Å². The van der Waals surface area contributed by atoms with Gasteiger partial charge in [-0.2, -0.15) is 4.31 Å². The lowest BCUT2D eigenvalue weighted by atomic mass is 10.3. The summed E-state index contributed by atoms with van der Waals surface area (Å²) in [5.74, 6) is -1.01. The average Bonchev–Trinajstić information content (AvgIpc) is 2.72. The summed E-state index contributed by atoms with van der Waals surface area (Å²) in [6.45, 7) is 2.91. The molecule has 1 aliphatic rings. The monoisotopic (exact) mass is 413 g/mol. The molecule has 0 saturated carbocycles. The van der Waals surface area contributed by atoms with Crippen LogP contribution in [0.25, 0.3) is 0 Å². The zero-order valence-corrected chi connectivity index (χ0v) is 17.0. The molecular formula is C18H27N3O6S. The molecule has 1 aromatic carbocycles. The Morgan fingerprint density at radius 1 is 1.21 bits per heavy atom. The fourth-order valence-electron chi connectivity index (χ4n) is 2.70. The predicted octanol–water partition coefficient (Wildman–Crippen LogP) is 0.465. The van der Waals surface area contributed by atoms with E-state index in [0.717, 1.165) is 12.8 Å². The van der Waals surface area contributed by atoms with Crippen LogP contribution >= 0.6 is 0 Å². The summed E-state index contributed by atoms with van der Waals surface area (Å²) in [5, 5.41) is 4.96. The van der Waals surface area contributed by atoms with Gasteiger partial charge >= 0.3 is 11.8 Å². The minimum atomic E-state index is -3.82. The van der Waals surface area contributed by atoms with Crippen molar-refractivity contribution in [3.63, 3.8) is 0 Å². The van der Waals surface area contributed by atoms with Crippen molar-refractivity contribution in [3.05, 3.63) is 24.3 Å². The van der Waals surface area contributed by atoms with Crippen LogP contribution in [0.1, 0.15) is 26.2 Å². The maximum absolute atomic E-state index is 13.0. The van der Waals surface area contributed by atoms with Gasteiger partial charge in [0, 0.05) is 13.1 Å². The van der Waals surface area contributed by atoms with Crippen LogP contribution in [0, 0.1) is 0 Å². The molecule has 0 aliphatic carbocycles. The number of carbonyl (C=O) groups is 2. The molecule has 2 rings (SSSR count). The molecule has 10 heteroatoms. The number of rotatable bonds is 8. The topological polar surface area (TPSA) is 114 Å². The van der Waals surface area contributed by atoms with Crippen LogP contribution in [0.15, 0.2) is 29.2 Å². The van der Waals surface area contributed by atoms with E-state index in [1.54, 1.807) is 12.1 Å². The molecule has 0 bridgehead atoms. The lowest BCUT2D eigenvalue weighted by Gasteiger charge is -2.34. The summed E-state index contributed by atoms with van der Waals surface area (Å²) in [5.41, 5.74) is 0. The van der Waals surface area contributed by atoms with Gasteiger partial charge in [0.05, 0.1) is 25.2 Å². The standard InChI is InChI=1S/C18H27N3O6S/c1-3-4-10-19-17(22)18(23)20-13-16-21(11-5-12-27-16)28(24,25)15-8-6-14(26-2)7-9-15/h6-9,16H,3-5,10-13H2,1-2H3,(H,19,22)(H,20,23). The lowest BCUT2D eigenvalue weighted by molar-refractivity contribution is -0.140. The molecule has 2 N–H and O–H groups in total. The Balaban J connectivity index is 2.02. The second-order valence-corrected chi connectivity index (χ2v) is 8.18. The SMILES string of the molecule is CCCCNC(=O)C(=O)NCC1OCCCN1S(=O)(=O)c1ccc(OC)cc1. The van der Waals surface area contributed by atoms with E-state index in [-0.39, 0.29) is 18.0 Å². The zero-order valence-electron chi connectivity index (χ0n) is 16.1. The van der Waals surface area contributed by atoms with Crippen molar-refractivity contribution in [1.82, 2.24) is 14.9 Å². The van der Waals surface area contributed by atoms with Gasteiger partial charge in [-0.3, -0.25) is 9.59 Å². The summed E-state index contributed by atoms with van der Waals surface area (Å²) in [4.78, 5) is 23.8. The molecule has 1 aliphatic heterocycles. The van der Waals surface area contributed by atoms with Gasteiger partial charge in [0.25, 0.3) is 0 Å². The van der Waals surface area contributed by atoms with Crippen molar-refractivity contribution < 1.29 is 27.5 Å². The lowest BCUT2D eigenvalue weighted by Crippen LogP contribution is -2.53. The third kappa shape index (κ3) is 5.66. The van der Waals surface area contributed by atoms with Gasteiger partial charge < -0.3 is 20.1 Å². The van der Waals surface area contributed by atoms with E-state index < -0.39 is 28.1 Å². The number of unbranched alkanes of at least 4 members (excludes halogenated alkanes) is 1. The molecule has 0 radical (unpaired) electrons. The van der Waals surface area contributed by atoms with Gasteiger partial charge in [0.1, 0.15) is 12.0 Å². The summed E-state index contributed by atoms with van der Waals surface area (Å²) in [6, 6.07) is 6.05. The molecule has 2 amide bonds. The number of nitrogens with zero attached hydrogens (tertiary/aromatic N) is 1. The Kier molecular flexibility index (Phi) is 8.21. The average molecular weight is 413 g/mol. The van der Waals surface area contributed by atoms with Crippen molar-refractivity contribution in [2.45, 2.75) is 37.3 Å². The first-order valence-electron chi connectivity index (χ1n) is 9.23. The van der Waals surface area contributed by atoms with E-state index in [9.17, 15) is 18.0 Å². The van der Waals surface area contributed by atoms with E-state index in [1.165, 1.54) is 23.5 Å². The second kappa shape index (κ2) is 10.4. The fraction of sp³-hybridized carbons (Fsp3) is 0.556. The third-order valence-electron chi connectivity index (χ3n) is 4.28. The Hall–Kier alpha value is -2.17. The number of nitrogens with one attached hydrogen (secondary N) is 2. The Morgan fingerprint density at radius 2 is 1.89 bits per heavy atom. The van der Waals surface area contributed by atoms with E-state index in [4.69, 9.17) is 9.47 Å². The maximum Gasteiger partial charge on any atom is 0.309 e. The third-order valence-corrected chi connectivity index (χ3v) is 6.18. The van der Waals surface area contributed by atoms with Gasteiger partial charge in [0.2, 0.25) is 10.0 Å². The van der Waals surface area contributed by atoms with Gasteiger partial charge in [0.15, 0.2) is 0 Å². The smallest absolute Gasteiger partial charge is 0.309 e. The Morgan fingerprint density at radius 3 is 2.54 bits per heavy atom. The molecule has 0 aromatic heterocycles. The number of amides is 2. The number of hydrogen-bond acceptors (Lipinski definition) is 6. The highest BCUT2D eigenvalue weighted by Crippen LogP contribution is 2.23. The molecule has 1 fully saturated rings. The summed E-state index contributed by atoms with van der Waals surface area (Å²) in [7, 11) is -2.32. The van der Waals surface area contributed by atoms with Crippen LogP contribution in [-0.4, -0.2) is 64.1 Å². The summed E-state index contributed by atoms with van der Waals surface area (Å²) in [6.07, 6.45) is 1.33. The first-order valence-corrected chi connectivity index (χ1v) is 10.7. The summed E-state index contributed by atoms with van der Waals surface area (Å²) >= 11 is 0. The van der Waals surface area contributed by atoms with Crippen LogP contribution in [0.4, 0.5) is 0 Å². The number of carbonyl (C=O) groups excluding carboxylic acids is 2. The first-order chi connectivity index (χ1) is 13.4. The minimum Gasteiger partial charge on any atom is -0.497 e. The van der Waals surface area contributed by atoms with Gasteiger partial charge in [-0.25, -0.2) is 8.42 Å². The summed E-state index contributed by atoms with van der Waals surface area (Å²) < 4.78 is 37.7. The normalized spacial score (nSPS) is 17.7. The molecule has 1 heterocycles. The minimum absolute atomic E-state index is 0.104. The van der Waals surface area contributed by atoms with Crippen molar-refractivity contribution in [2.24, 2.45) is 0 Å². The van der Waals surface area contributed by atoms with E-state index in [1.807, 2.05) is 6.92 Å². The van der Waals surface area contributed by atoms with Crippen molar-refractivity contribution in [2.75, 3.05) is 33.4 Å². The maximum atomic E-state index is 13.0. The fourth-order valence-corrected chi connectivity index (χ4v) is 4.27. The van der Waals surface area contributed by atoms with E-state index in [0.29, 0.717) is 25.3 Å². The Bertz CT molecular complexity index is 766. The van der Waals surface area contributed by atoms with Crippen molar-refractivity contribution in [3.8, 4) is 5.75 Å². The van der Waals surface area contributed by atoms with Crippen LogP contribution < -0.4 is 15.4 Å². The number of ether oxygens (including phenoxy) is 2. The van der Waals surface area contributed by atoms with Crippen molar-refractivity contribution in [1.29, 1.82) is 0 Å². The predicted molar refractivity (Wildman–Crippen MR) is 102 cm³/mol. The van der Waals surface area contributed by atoms with Gasteiger partial charge in [-0.15, -0.1) is 0 Å². The van der Waals surface area contributed by atoms with Crippen LogP contribution in [0.5, 0.6) is 5.75 Å². The van der Waals surface area contributed by atoms with Crippen LogP contribution in [0.2, 0.25) is 0 Å². The largest absolute Gasteiger partial charge is 0.497 e. The highest BCUT2D eigenvalue weighted by atomic mass is 32.2. The zero-order chi connectivity index (χ0) is 20.6. The van der Waals surface area contributed by atoms with Crippen LogP contribution in [-0.2, 0) is 24.3 Å². The first kappa shape index (κ1) is 22.1. The van der Waals surface area contributed by atoms with Crippen LogP contribution in [0.3, 0.4) is 0 Å². The molecule has 1 atom stereocenters. The van der Waals surface area contributed by atoms with E-state index >= 15 is 0 Å². The number of benzene rings is 1. The number of methoxy groups -OCH3 is 1. The van der Waals surface area contributed by atoms with Gasteiger partial charge in [-0.1, -0.05) is 13.3 Å². The second-order valence-electron chi connectivity index (χ2n) is 6.29. The quantitative estimate of drug-likeness (QED) is 0.473.